The Labute approximate surface area is 142 Å². The van der Waals surface area contributed by atoms with Crippen LogP contribution >= 0.6 is 0 Å². The van der Waals surface area contributed by atoms with Crippen molar-refractivity contribution >= 4 is 5.96 Å². The number of nitrogens with zero attached hydrogens (tertiary/aromatic N) is 1. The Bertz CT molecular complexity index is 343. The van der Waals surface area contributed by atoms with E-state index >= 15 is 0 Å². The fraction of sp³-hybridized carbons (Fsp3) is 0.944. The monoisotopic (exact) mass is 327 g/mol. The maximum Gasteiger partial charge on any atom is 0.191 e. The van der Waals surface area contributed by atoms with Gasteiger partial charge in [0, 0.05) is 44.9 Å². The molecule has 2 atom stereocenters. The number of hydrogen-bond donors (Lipinski definition) is 2. The number of unbranched alkanes of at least 4 members (excludes halogenated alkanes) is 1. The summed E-state index contributed by atoms with van der Waals surface area (Å²) in [4.78, 5) is 4.37. The predicted octanol–water partition coefficient (Wildman–Crippen LogP) is 2.95. The van der Waals surface area contributed by atoms with Crippen molar-refractivity contribution in [3.8, 4) is 0 Å². The zero-order chi connectivity index (χ0) is 17.1. The van der Waals surface area contributed by atoms with Gasteiger partial charge in [0.25, 0.3) is 0 Å². The van der Waals surface area contributed by atoms with E-state index in [1.165, 1.54) is 0 Å². The minimum Gasteiger partial charge on any atom is -0.382 e. The summed E-state index contributed by atoms with van der Waals surface area (Å²) in [6.07, 6.45) is 5.90. The molecule has 0 aromatic rings. The Balaban J connectivity index is 2.40. The molecule has 0 bridgehead atoms. The molecule has 0 aromatic carbocycles. The summed E-state index contributed by atoms with van der Waals surface area (Å²) in [6.45, 7) is 12.0. The maximum atomic E-state index is 5.94. The second-order valence-electron chi connectivity index (χ2n) is 6.22. The molecule has 0 amide bonds. The minimum absolute atomic E-state index is 0.239. The molecular weight excluding hydrogens is 290 g/mol. The first-order chi connectivity index (χ1) is 11.2. The van der Waals surface area contributed by atoms with Gasteiger partial charge in [0.05, 0.1) is 6.10 Å². The van der Waals surface area contributed by atoms with Crippen LogP contribution in [0.1, 0.15) is 59.8 Å². The average Bonchev–Trinajstić information content (AvgIpc) is 2.56. The molecule has 23 heavy (non-hydrogen) atoms. The van der Waals surface area contributed by atoms with E-state index in [2.05, 4.69) is 36.4 Å². The van der Waals surface area contributed by atoms with Gasteiger partial charge in [-0.05, 0) is 46.0 Å². The van der Waals surface area contributed by atoms with Crippen molar-refractivity contribution in [1.29, 1.82) is 0 Å². The lowest BCUT2D eigenvalue weighted by atomic mass is 9.58. The molecule has 1 saturated carbocycles. The molecule has 1 fully saturated rings. The number of hydrogen-bond acceptors (Lipinski definition) is 3. The highest BCUT2D eigenvalue weighted by Gasteiger charge is 2.53. The Morgan fingerprint density at radius 1 is 1.13 bits per heavy atom. The largest absolute Gasteiger partial charge is 0.382 e. The smallest absolute Gasteiger partial charge is 0.191 e. The molecule has 0 radical (unpaired) electrons. The summed E-state index contributed by atoms with van der Waals surface area (Å²) in [5.41, 5.74) is 0.239. The highest BCUT2D eigenvalue weighted by molar-refractivity contribution is 5.80. The van der Waals surface area contributed by atoms with Crippen molar-refractivity contribution in [3.05, 3.63) is 0 Å². The van der Waals surface area contributed by atoms with Crippen LogP contribution in [-0.4, -0.2) is 51.5 Å². The number of guanidine groups is 1. The summed E-state index contributed by atoms with van der Waals surface area (Å²) in [5, 5.41) is 7.03. The van der Waals surface area contributed by atoms with Crippen LogP contribution in [0.15, 0.2) is 4.99 Å². The minimum atomic E-state index is 0.239. The van der Waals surface area contributed by atoms with E-state index in [1.54, 1.807) is 0 Å². The van der Waals surface area contributed by atoms with Gasteiger partial charge in [0.15, 0.2) is 5.96 Å². The zero-order valence-corrected chi connectivity index (χ0v) is 15.8. The molecule has 0 spiro atoms. The van der Waals surface area contributed by atoms with Crippen LogP contribution in [0.5, 0.6) is 0 Å². The van der Waals surface area contributed by atoms with E-state index in [9.17, 15) is 0 Å². The standard InChI is InChI=1S/C18H37N3O2/c1-6-18(7-2)15(14-16(18)23-9-4)21-17(19-5)20-12-10-11-13-22-8-3/h15-16H,6-14H2,1-5H3,(H2,19,20,21). The maximum absolute atomic E-state index is 5.94. The second kappa shape index (κ2) is 10.9. The Morgan fingerprint density at radius 2 is 1.87 bits per heavy atom. The summed E-state index contributed by atoms with van der Waals surface area (Å²) < 4.78 is 11.3. The van der Waals surface area contributed by atoms with Crippen molar-refractivity contribution in [2.75, 3.05) is 33.4 Å². The lowest BCUT2D eigenvalue weighted by Gasteiger charge is -2.55. The molecule has 0 aromatic heterocycles. The predicted molar refractivity (Wildman–Crippen MR) is 97.1 cm³/mol. The third-order valence-corrected chi connectivity index (χ3v) is 5.22. The first kappa shape index (κ1) is 20.2. The molecular formula is C18H37N3O2. The van der Waals surface area contributed by atoms with Crippen molar-refractivity contribution in [2.24, 2.45) is 10.4 Å². The molecule has 2 unspecified atom stereocenters. The van der Waals surface area contributed by atoms with Crippen molar-refractivity contribution in [1.82, 2.24) is 10.6 Å². The van der Waals surface area contributed by atoms with Crippen LogP contribution in [0, 0.1) is 5.41 Å². The fourth-order valence-corrected chi connectivity index (χ4v) is 3.62. The topological polar surface area (TPSA) is 54.9 Å². The van der Waals surface area contributed by atoms with Gasteiger partial charge in [-0.2, -0.15) is 0 Å². The summed E-state index contributed by atoms with van der Waals surface area (Å²) >= 11 is 0. The van der Waals surface area contributed by atoms with Gasteiger partial charge in [-0.25, -0.2) is 0 Å². The van der Waals surface area contributed by atoms with Gasteiger partial charge < -0.3 is 20.1 Å². The number of rotatable bonds is 11. The van der Waals surface area contributed by atoms with Crippen LogP contribution in [0.25, 0.3) is 0 Å². The van der Waals surface area contributed by atoms with E-state index in [4.69, 9.17) is 9.47 Å². The van der Waals surface area contributed by atoms with Crippen LogP contribution in [-0.2, 0) is 9.47 Å². The number of aliphatic imine (C=N–C) groups is 1. The van der Waals surface area contributed by atoms with Gasteiger partial charge in [-0.15, -0.1) is 0 Å². The molecule has 136 valence electrons. The molecule has 1 rings (SSSR count). The van der Waals surface area contributed by atoms with E-state index < -0.39 is 0 Å². The molecule has 5 heteroatoms. The van der Waals surface area contributed by atoms with Crippen molar-refractivity contribution in [2.45, 2.75) is 71.9 Å². The van der Waals surface area contributed by atoms with Crippen molar-refractivity contribution in [3.63, 3.8) is 0 Å². The molecule has 0 aliphatic heterocycles. The Hall–Kier alpha value is -0.810. The summed E-state index contributed by atoms with van der Waals surface area (Å²) in [7, 11) is 1.84. The lowest BCUT2D eigenvalue weighted by molar-refractivity contribution is -0.133. The third-order valence-electron chi connectivity index (χ3n) is 5.22. The molecule has 1 aliphatic rings. The van der Waals surface area contributed by atoms with Gasteiger partial charge in [-0.1, -0.05) is 13.8 Å². The molecule has 1 aliphatic carbocycles. The van der Waals surface area contributed by atoms with Crippen LogP contribution in [0.4, 0.5) is 0 Å². The van der Waals surface area contributed by atoms with E-state index in [1.807, 2.05) is 14.0 Å². The highest BCUT2D eigenvalue weighted by atomic mass is 16.5. The fourth-order valence-electron chi connectivity index (χ4n) is 3.62. The van der Waals surface area contributed by atoms with Crippen LogP contribution in [0.3, 0.4) is 0 Å². The summed E-state index contributed by atoms with van der Waals surface area (Å²) in [6, 6.07) is 0.448. The molecule has 0 saturated heterocycles. The van der Waals surface area contributed by atoms with Gasteiger partial charge in [0.2, 0.25) is 0 Å². The van der Waals surface area contributed by atoms with Crippen LogP contribution < -0.4 is 10.6 Å². The Morgan fingerprint density at radius 3 is 2.43 bits per heavy atom. The van der Waals surface area contributed by atoms with Crippen molar-refractivity contribution < 1.29 is 9.47 Å². The average molecular weight is 328 g/mol. The zero-order valence-electron chi connectivity index (χ0n) is 15.8. The first-order valence-electron chi connectivity index (χ1n) is 9.34. The number of nitrogens with one attached hydrogen (secondary N) is 2. The van der Waals surface area contributed by atoms with E-state index in [0.717, 1.165) is 64.4 Å². The highest BCUT2D eigenvalue weighted by Crippen LogP contribution is 2.48. The van der Waals surface area contributed by atoms with Crippen LogP contribution in [0.2, 0.25) is 0 Å². The van der Waals surface area contributed by atoms with E-state index in [-0.39, 0.29) is 5.41 Å². The molecule has 0 heterocycles. The number of ether oxygens (including phenoxy) is 2. The first-order valence-corrected chi connectivity index (χ1v) is 9.34. The Kier molecular flexibility index (Phi) is 9.56. The normalized spacial score (nSPS) is 23.4. The van der Waals surface area contributed by atoms with Gasteiger partial charge in [-0.3, -0.25) is 4.99 Å². The molecule has 2 N–H and O–H groups in total. The van der Waals surface area contributed by atoms with Gasteiger partial charge >= 0.3 is 0 Å². The quantitative estimate of drug-likeness (QED) is 0.348. The third kappa shape index (κ3) is 5.35. The second-order valence-corrected chi connectivity index (χ2v) is 6.22. The van der Waals surface area contributed by atoms with E-state index in [0.29, 0.717) is 12.1 Å². The lowest BCUT2D eigenvalue weighted by Crippen LogP contribution is -2.65. The SMILES string of the molecule is CCOCCCCNC(=NC)NC1CC(OCC)C1(CC)CC. The van der Waals surface area contributed by atoms with Gasteiger partial charge in [0.1, 0.15) is 0 Å². The molecule has 5 nitrogen and oxygen atoms in total. The summed E-state index contributed by atoms with van der Waals surface area (Å²) in [5.74, 6) is 0.910.